The Morgan fingerprint density at radius 2 is 2.06 bits per heavy atom. The molecule has 1 aromatic rings. The number of rotatable bonds is 3. The summed E-state index contributed by atoms with van der Waals surface area (Å²) in [5.74, 6) is -0.659. The molecule has 0 bridgehead atoms. The number of halogens is 1. The van der Waals surface area contributed by atoms with Crippen LogP contribution in [0.1, 0.15) is 43.5 Å². The second-order valence-electron chi connectivity index (χ2n) is 5.29. The fourth-order valence-electron chi connectivity index (χ4n) is 2.89. The van der Waals surface area contributed by atoms with E-state index in [4.69, 9.17) is 0 Å². The Morgan fingerprint density at radius 1 is 1.44 bits per heavy atom. The first-order valence-corrected chi connectivity index (χ1v) is 7.17. The molecule has 100 valence electrons. The van der Waals surface area contributed by atoms with Gasteiger partial charge in [0, 0.05) is 13.5 Å². The Hall–Kier alpha value is -0.840. The smallest absolute Gasteiger partial charge is 0.310 e. The summed E-state index contributed by atoms with van der Waals surface area (Å²) in [6.45, 7) is 1.93. The lowest BCUT2D eigenvalue weighted by molar-refractivity contribution is -0.151. The van der Waals surface area contributed by atoms with Gasteiger partial charge < -0.3 is 5.11 Å². The van der Waals surface area contributed by atoms with E-state index >= 15 is 0 Å². The van der Waals surface area contributed by atoms with Gasteiger partial charge in [-0.15, -0.1) is 0 Å². The van der Waals surface area contributed by atoms with Crippen molar-refractivity contribution in [2.75, 3.05) is 0 Å². The monoisotopic (exact) mass is 314 g/mol. The van der Waals surface area contributed by atoms with E-state index in [1.807, 2.05) is 14.0 Å². The van der Waals surface area contributed by atoms with Crippen molar-refractivity contribution in [2.45, 2.75) is 45.4 Å². The average Bonchev–Trinajstić information content (AvgIpc) is 2.57. The number of aryl methyl sites for hydroxylation is 2. The van der Waals surface area contributed by atoms with Crippen LogP contribution in [0, 0.1) is 12.3 Å². The third kappa shape index (κ3) is 2.32. The maximum absolute atomic E-state index is 11.7. The first kappa shape index (κ1) is 13.6. The van der Waals surface area contributed by atoms with Gasteiger partial charge in [-0.3, -0.25) is 9.48 Å². The van der Waals surface area contributed by atoms with E-state index in [2.05, 4.69) is 21.0 Å². The summed E-state index contributed by atoms with van der Waals surface area (Å²) >= 11 is 3.52. The normalized spacial score (nSPS) is 18.8. The van der Waals surface area contributed by atoms with Crippen molar-refractivity contribution in [1.29, 1.82) is 0 Å². The molecule has 18 heavy (non-hydrogen) atoms. The van der Waals surface area contributed by atoms with Crippen LogP contribution in [-0.2, 0) is 18.3 Å². The van der Waals surface area contributed by atoms with Crippen LogP contribution in [0.3, 0.4) is 0 Å². The zero-order valence-corrected chi connectivity index (χ0v) is 12.5. The third-order valence-electron chi connectivity index (χ3n) is 4.03. The van der Waals surface area contributed by atoms with Gasteiger partial charge in [-0.25, -0.2) is 0 Å². The van der Waals surface area contributed by atoms with Crippen LogP contribution < -0.4 is 0 Å². The average molecular weight is 315 g/mol. The molecule has 0 radical (unpaired) electrons. The first-order valence-electron chi connectivity index (χ1n) is 6.38. The van der Waals surface area contributed by atoms with Crippen LogP contribution in [0.25, 0.3) is 0 Å². The number of carboxylic acids is 1. The summed E-state index contributed by atoms with van der Waals surface area (Å²) < 4.78 is 2.76. The Bertz CT molecular complexity index is 462. The van der Waals surface area contributed by atoms with Crippen molar-refractivity contribution in [2.24, 2.45) is 12.5 Å². The molecule has 1 N–H and O–H groups in total. The molecule has 2 rings (SSSR count). The molecule has 4 nitrogen and oxygen atoms in total. The Kier molecular flexibility index (Phi) is 3.80. The predicted octanol–water partition coefficient (Wildman–Crippen LogP) is 3.07. The maximum atomic E-state index is 11.7. The lowest BCUT2D eigenvalue weighted by atomic mass is 9.71. The lowest BCUT2D eigenvalue weighted by Crippen LogP contribution is -2.36. The molecule has 0 saturated heterocycles. The van der Waals surface area contributed by atoms with Gasteiger partial charge in [0.05, 0.1) is 21.3 Å². The van der Waals surface area contributed by atoms with Gasteiger partial charge in [0.15, 0.2) is 0 Å². The number of carboxylic acid groups (broad SMARTS) is 1. The summed E-state index contributed by atoms with van der Waals surface area (Å²) in [5.41, 5.74) is 1.32. The van der Waals surface area contributed by atoms with E-state index in [-0.39, 0.29) is 0 Å². The number of aliphatic carboxylic acids is 1. The quantitative estimate of drug-likeness (QED) is 0.932. The summed E-state index contributed by atoms with van der Waals surface area (Å²) in [7, 11) is 1.88. The molecule has 1 fully saturated rings. The molecule has 1 saturated carbocycles. The minimum absolute atomic E-state index is 0.570. The second kappa shape index (κ2) is 5.03. The molecule has 0 aliphatic heterocycles. The fraction of sp³-hybridized carbons (Fsp3) is 0.692. The fourth-order valence-corrected chi connectivity index (χ4v) is 3.36. The molecule has 0 spiro atoms. The second-order valence-corrected chi connectivity index (χ2v) is 6.09. The molecule has 0 unspecified atom stereocenters. The van der Waals surface area contributed by atoms with Gasteiger partial charge in [0.2, 0.25) is 0 Å². The highest BCUT2D eigenvalue weighted by molar-refractivity contribution is 9.10. The molecular formula is C13H19BrN2O2. The van der Waals surface area contributed by atoms with Crippen molar-refractivity contribution >= 4 is 21.9 Å². The van der Waals surface area contributed by atoms with Gasteiger partial charge in [0.1, 0.15) is 0 Å². The summed E-state index contributed by atoms with van der Waals surface area (Å²) in [5, 5.41) is 13.9. The van der Waals surface area contributed by atoms with Gasteiger partial charge in [-0.05, 0) is 35.7 Å². The molecule has 1 heterocycles. The van der Waals surface area contributed by atoms with E-state index in [9.17, 15) is 9.90 Å². The maximum Gasteiger partial charge on any atom is 0.310 e. The van der Waals surface area contributed by atoms with Gasteiger partial charge in [0.25, 0.3) is 0 Å². The van der Waals surface area contributed by atoms with Crippen LogP contribution in [0.4, 0.5) is 0 Å². The molecular weight excluding hydrogens is 296 g/mol. The highest BCUT2D eigenvalue weighted by Crippen LogP contribution is 2.41. The van der Waals surface area contributed by atoms with Crippen LogP contribution in [0.5, 0.6) is 0 Å². The number of hydrogen-bond acceptors (Lipinski definition) is 2. The van der Waals surface area contributed by atoms with Crippen LogP contribution in [0.2, 0.25) is 0 Å². The minimum Gasteiger partial charge on any atom is -0.481 e. The van der Waals surface area contributed by atoms with E-state index in [1.54, 1.807) is 4.68 Å². The Balaban J connectivity index is 2.31. The Morgan fingerprint density at radius 3 is 2.50 bits per heavy atom. The van der Waals surface area contributed by atoms with E-state index in [0.29, 0.717) is 6.42 Å². The number of carbonyl (C=O) groups is 1. The molecule has 1 aliphatic carbocycles. The summed E-state index contributed by atoms with van der Waals surface area (Å²) in [6.07, 6.45) is 5.31. The van der Waals surface area contributed by atoms with Gasteiger partial charge in [-0.2, -0.15) is 5.10 Å². The zero-order valence-electron chi connectivity index (χ0n) is 10.9. The SMILES string of the molecule is Cc1nn(C)c(CC2(C(=O)O)CCCCC2)c1Br. The molecule has 0 aromatic carbocycles. The number of nitrogens with zero attached hydrogens (tertiary/aromatic N) is 2. The van der Waals surface area contributed by atoms with Gasteiger partial charge in [-0.1, -0.05) is 19.3 Å². The zero-order chi connectivity index (χ0) is 13.3. The van der Waals surface area contributed by atoms with Gasteiger partial charge >= 0.3 is 5.97 Å². The molecule has 0 amide bonds. The predicted molar refractivity (Wildman–Crippen MR) is 72.5 cm³/mol. The lowest BCUT2D eigenvalue weighted by Gasteiger charge is -2.33. The van der Waals surface area contributed by atoms with Crippen molar-refractivity contribution < 1.29 is 9.90 Å². The Labute approximate surface area is 116 Å². The van der Waals surface area contributed by atoms with Crippen LogP contribution in [-0.4, -0.2) is 20.9 Å². The molecule has 1 aliphatic rings. The summed E-state index contributed by atoms with van der Waals surface area (Å²) in [4.78, 5) is 11.7. The van der Waals surface area contributed by atoms with E-state index in [0.717, 1.165) is 48.0 Å². The minimum atomic E-state index is -0.659. The van der Waals surface area contributed by atoms with Crippen molar-refractivity contribution in [1.82, 2.24) is 9.78 Å². The standard InChI is InChI=1S/C13H19BrN2O2/c1-9-11(14)10(16(2)15-9)8-13(12(17)18)6-4-3-5-7-13/h3-8H2,1-2H3,(H,17,18). The highest BCUT2D eigenvalue weighted by Gasteiger charge is 2.41. The van der Waals surface area contributed by atoms with Crippen LogP contribution in [0.15, 0.2) is 4.47 Å². The topological polar surface area (TPSA) is 55.1 Å². The number of aromatic nitrogens is 2. The highest BCUT2D eigenvalue weighted by atomic mass is 79.9. The van der Waals surface area contributed by atoms with Crippen molar-refractivity contribution in [3.05, 3.63) is 15.9 Å². The largest absolute Gasteiger partial charge is 0.481 e. The van der Waals surface area contributed by atoms with E-state index in [1.165, 1.54) is 0 Å². The van der Waals surface area contributed by atoms with E-state index < -0.39 is 11.4 Å². The van der Waals surface area contributed by atoms with Crippen molar-refractivity contribution in [3.63, 3.8) is 0 Å². The summed E-state index contributed by atoms with van der Waals surface area (Å²) in [6, 6.07) is 0. The molecule has 5 heteroatoms. The van der Waals surface area contributed by atoms with Crippen molar-refractivity contribution in [3.8, 4) is 0 Å². The first-order chi connectivity index (χ1) is 8.46. The molecule has 0 atom stereocenters. The number of hydrogen-bond donors (Lipinski definition) is 1. The molecule has 1 aromatic heterocycles. The third-order valence-corrected chi connectivity index (χ3v) is 5.06. The van der Waals surface area contributed by atoms with Crippen LogP contribution >= 0.6 is 15.9 Å².